The van der Waals surface area contributed by atoms with Gasteiger partial charge in [0.15, 0.2) is 17.5 Å². The summed E-state index contributed by atoms with van der Waals surface area (Å²) in [5.74, 6) is 1.78. The van der Waals surface area contributed by atoms with Crippen LogP contribution in [0.25, 0.3) is 106 Å². The number of rotatable bonds is 8. The van der Waals surface area contributed by atoms with Crippen molar-refractivity contribution in [1.82, 2.24) is 24.5 Å². The lowest BCUT2D eigenvalue weighted by molar-refractivity contribution is 1.07. The highest BCUT2D eigenvalue weighted by atomic mass is 15.0. The molecule has 0 saturated carbocycles. The maximum Gasteiger partial charge on any atom is 0.164 e. The molecule has 61 heavy (non-hydrogen) atoms. The van der Waals surface area contributed by atoms with Gasteiger partial charge < -0.3 is 4.57 Å². The zero-order valence-corrected chi connectivity index (χ0v) is 33.1. The van der Waals surface area contributed by atoms with E-state index in [1.165, 1.54) is 10.8 Å². The summed E-state index contributed by atoms with van der Waals surface area (Å²) in [5.41, 5.74) is 14.1. The second kappa shape index (κ2) is 15.5. The van der Waals surface area contributed by atoms with Crippen LogP contribution in [0.3, 0.4) is 0 Å². The lowest BCUT2D eigenvalue weighted by atomic mass is 9.93. The van der Waals surface area contributed by atoms with E-state index in [-0.39, 0.29) is 0 Å². The Balaban J connectivity index is 1.22. The third-order valence-electron chi connectivity index (χ3n) is 11.3. The van der Waals surface area contributed by atoms with Crippen LogP contribution in [0.15, 0.2) is 224 Å². The molecule has 11 rings (SSSR count). The third kappa shape index (κ3) is 6.74. The molecule has 3 aromatic heterocycles. The highest BCUT2D eigenvalue weighted by molar-refractivity contribution is 6.14. The fourth-order valence-electron chi connectivity index (χ4n) is 8.37. The monoisotopic (exact) mass is 779 g/mol. The van der Waals surface area contributed by atoms with Crippen LogP contribution >= 0.6 is 0 Å². The summed E-state index contributed by atoms with van der Waals surface area (Å²) in [6, 6.07) is 78.0. The number of fused-ring (bicyclic) bond motifs is 3. The van der Waals surface area contributed by atoms with Crippen LogP contribution in [0.2, 0.25) is 0 Å². The van der Waals surface area contributed by atoms with Gasteiger partial charge in [0, 0.05) is 49.8 Å². The topological polar surface area (TPSA) is 56.5 Å². The maximum absolute atomic E-state index is 5.34. The minimum Gasteiger partial charge on any atom is -0.309 e. The van der Waals surface area contributed by atoms with Crippen molar-refractivity contribution in [3.05, 3.63) is 224 Å². The molecule has 0 radical (unpaired) electrons. The molecule has 286 valence electrons. The molecule has 8 aromatic carbocycles. The number of benzene rings is 8. The molecule has 5 heteroatoms. The van der Waals surface area contributed by atoms with Crippen molar-refractivity contribution in [2.45, 2.75) is 0 Å². The van der Waals surface area contributed by atoms with Crippen LogP contribution < -0.4 is 0 Å². The van der Waals surface area contributed by atoms with Gasteiger partial charge in [-0.15, -0.1) is 0 Å². The van der Waals surface area contributed by atoms with Crippen LogP contribution in [0.1, 0.15) is 0 Å². The Morgan fingerprint density at radius 3 is 1.43 bits per heavy atom. The van der Waals surface area contributed by atoms with E-state index in [2.05, 4.69) is 162 Å². The predicted molar refractivity (Wildman–Crippen MR) is 250 cm³/mol. The summed E-state index contributed by atoms with van der Waals surface area (Å²) in [5, 5.41) is 2.36. The van der Waals surface area contributed by atoms with Crippen molar-refractivity contribution in [2.24, 2.45) is 0 Å². The van der Waals surface area contributed by atoms with E-state index in [1.54, 1.807) is 0 Å². The minimum absolute atomic E-state index is 0.575. The van der Waals surface area contributed by atoms with Crippen LogP contribution in [0, 0.1) is 0 Å². The first-order valence-electron chi connectivity index (χ1n) is 20.5. The Morgan fingerprint density at radius 1 is 0.279 bits per heavy atom. The first-order valence-corrected chi connectivity index (χ1v) is 20.5. The van der Waals surface area contributed by atoms with Gasteiger partial charge in [-0.3, -0.25) is 0 Å². The average molecular weight is 780 g/mol. The van der Waals surface area contributed by atoms with Crippen LogP contribution in [-0.2, 0) is 0 Å². The summed E-state index contributed by atoms with van der Waals surface area (Å²) in [6.07, 6.45) is 0. The van der Waals surface area contributed by atoms with Gasteiger partial charge in [-0.1, -0.05) is 188 Å². The van der Waals surface area contributed by atoms with Crippen LogP contribution in [0.5, 0.6) is 0 Å². The van der Waals surface area contributed by atoms with Crippen molar-refractivity contribution in [2.75, 3.05) is 0 Å². The van der Waals surface area contributed by atoms with E-state index < -0.39 is 0 Å². The molecule has 0 aliphatic heterocycles. The molecule has 0 fully saturated rings. The summed E-state index contributed by atoms with van der Waals surface area (Å²) >= 11 is 0. The molecular formula is C56H37N5. The lowest BCUT2D eigenvalue weighted by Crippen LogP contribution is -2.02. The van der Waals surface area contributed by atoms with Crippen LogP contribution in [0.4, 0.5) is 0 Å². The smallest absolute Gasteiger partial charge is 0.164 e. The molecular weight excluding hydrogens is 743 g/mol. The number of nitrogens with zero attached hydrogens (tertiary/aromatic N) is 5. The molecule has 0 amide bonds. The second-order valence-electron chi connectivity index (χ2n) is 15.0. The Bertz CT molecular complexity index is 3210. The van der Waals surface area contributed by atoms with Crippen molar-refractivity contribution < 1.29 is 0 Å². The maximum atomic E-state index is 5.34. The summed E-state index contributed by atoms with van der Waals surface area (Å²) < 4.78 is 2.38. The predicted octanol–water partition coefficient (Wildman–Crippen LogP) is 14.0. The normalized spacial score (nSPS) is 11.3. The largest absolute Gasteiger partial charge is 0.309 e. The van der Waals surface area contributed by atoms with Crippen molar-refractivity contribution >= 4 is 21.8 Å². The number of hydrogen-bond donors (Lipinski definition) is 0. The van der Waals surface area contributed by atoms with E-state index in [0.717, 1.165) is 78.2 Å². The van der Waals surface area contributed by atoms with Gasteiger partial charge in [0.05, 0.1) is 22.4 Å². The fraction of sp³-hybridized carbons (Fsp3) is 0. The van der Waals surface area contributed by atoms with Crippen LogP contribution in [-0.4, -0.2) is 24.5 Å². The van der Waals surface area contributed by atoms with Crippen molar-refractivity contribution in [3.8, 4) is 84.6 Å². The molecule has 3 heterocycles. The molecule has 5 nitrogen and oxygen atoms in total. The van der Waals surface area contributed by atoms with E-state index in [0.29, 0.717) is 17.5 Å². The third-order valence-corrected chi connectivity index (χ3v) is 11.3. The highest BCUT2D eigenvalue weighted by Crippen LogP contribution is 2.43. The van der Waals surface area contributed by atoms with Crippen molar-refractivity contribution in [1.29, 1.82) is 0 Å². The molecule has 0 N–H and O–H groups in total. The lowest BCUT2D eigenvalue weighted by Gasteiger charge is -2.17. The SMILES string of the molecule is c1ccc(-c2cc(-c3ccccc3)nc(-c3ccc(-c4cccc5c6ccccc6n(-c6ccccc6)c45)c(-c4nc(-c5ccccc5)nc(-c5ccccc5)n4)c3)c2)cc1. The van der Waals surface area contributed by atoms with Gasteiger partial charge in [-0.2, -0.15) is 0 Å². The Morgan fingerprint density at radius 2 is 0.787 bits per heavy atom. The first kappa shape index (κ1) is 35.8. The van der Waals surface area contributed by atoms with Gasteiger partial charge in [0.2, 0.25) is 0 Å². The number of aromatic nitrogens is 5. The molecule has 11 aromatic rings. The summed E-state index contributed by atoms with van der Waals surface area (Å²) in [6.45, 7) is 0. The van der Waals surface area contributed by atoms with Gasteiger partial charge in [0.1, 0.15) is 0 Å². The van der Waals surface area contributed by atoms with Gasteiger partial charge in [0.25, 0.3) is 0 Å². The Kier molecular flexibility index (Phi) is 9.10. The molecule has 0 aliphatic carbocycles. The van der Waals surface area contributed by atoms with Crippen molar-refractivity contribution in [3.63, 3.8) is 0 Å². The van der Waals surface area contributed by atoms with Gasteiger partial charge in [-0.25, -0.2) is 19.9 Å². The first-order chi connectivity index (χ1) is 30.2. The molecule has 0 spiro atoms. The fourth-order valence-corrected chi connectivity index (χ4v) is 8.37. The molecule has 0 aliphatic rings. The zero-order chi connectivity index (χ0) is 40.5. The standard InChI is InChI=1S/C56H37N5/c1-6-19-38(20-7-1)43-36-50(39-21-8-2-9-22-39)57-51(37-43)42-33-34-45(47-30-18-31-48-46-29-16-17-32-52(46)61(53(47)48)44-27-14-5-15-28-44)49(35-42)56-59-54(40-23-10-3-11-24-40)58-55(60-56)41-25-12-4-13-26-41/h1-37H. The second-order valence-corrected chi connectivity index (χ2v) is 15.0. The Labute approximate surface area is 354 Å². The quantitative estimate of drug-likeness (QED) is 0.154. The number of hydrogen-bond acceptors (Lipinski definition) is 4. The average Bonchev–Trinajstić information content (AvgIpc) is 3.70. The Hall–Kier alpha value is -8.28. The molecule has 0 bridgehead atoms. The van der Waals surface area contributed by atoms with E-state index >= 15 is 0 Å². The summed E-state index contributed by atoms with van der Waals surface area (Å²) in [4.78, 5) is 21.0. The molecule has 0 saturated heterocycles. The number of pyridine rings is 1. The van der Waals surface area contributed by atoms with Gasteiger partial charge >= 0.3 is 0 Å². The highest BCUT2D eigenvalue weighted by Gasteiger charge is 2.22. The van der Waals surface area contributed by atoms with E-state index in [9.17, 15) is 0 Å². The van der Waals surface area contributed by atoms with Gasteiger partial charge in [-0.05, 0) is 53.1 Å². The molecule has 0 unspecified atom stereocenters. The van der Waals surface area contributed by atoms with E-state index in [1.807, 2.05) is 66.7 Å². The van der Waals surface area contributed by atoms with E-state index in [4.69, 9.17) is 19.9 Å². The zero-order valence-electron chi connectivity index (χ0n) is 33.1. The summed E-state index contributed by atoms with van der Waals surface area (Å²) in [7, 11) is 0. The molecule has 0 atom stereocenters. The minimum atomic E-state index is 0.575. The number of para-hydroxylation sites is 3.